The molecule has 0 heterocycles. The molecule has 2 nitrogen and oxygen atoms in total. The molecule has 1 aromatic rings. The van der Waals surface area contributed by atoms with Crippen molar-refractivity contribution in [1.29, 1.82) is 0 Å². The van der Waals surface area contributed by atoms with E-state index >= 15 is 0 Å². The largest absolute Gasteiger partial charge is 0.466 e. The van der Waals surface area contributed by atoms with Crippen LogP contribution in [0.5, 0.6) is 0 Å². The van der Waals surface area contributed by atoms with Crippen molar-refractivity contribution in [3.8, 4) is 0 Å². The summed E-state index contributed by atoms with van der Waals surface area (Å²) in [5, 5.41) is 0. The van der Waals surface area contributed by atoms with Crippen LogP contribution in [0.15, 0.2) is 24.3 Å². The third-order valence-corrected chi connectivity index (χ3v) is 2.49. The van der Waals surface area contributed by atoms with Crippen molar-refractivity contribution in [2.45, 2.75) is 33.1 Å². The summed E-state index contributed by atoms with van der Waals surface area (Å²) in [6.07, 6.45) is 1.84. The second kappa shape index (κ2) is 7.05. The van der Waals surface area contributed by atoms with E-state index in [2.05, 4.69) is 13.8 Å². The fraction of sp³-hybridized carbons (Fsp3) is 0.500. The molecule has 0 saturated heterocycles. The summed E-state index contributed by atoms with van der Waals surface area (Å²) in [4.78, 5) is 11.4. The van der Waals surface area contributed by atoms with E-state index in [9.17, 15) is 9.18 Å². The monoisotopic (exact) mass is 238 g/mol. The number of benzene rings is 1. The van der Waals surface area contributed by atoms with Crippen LogP contribution >= 0.6 is 0 Å². The first kappa shape index (κ1) is 13.7. The minimum absolute atomic E-state index is 0.185. The molecule has 0 amide bonds. The van der Waals surface area contributed by atoms with E-state index in [-0.39, 0.29) is 11.8 Å². The summed E-state index contributed by atoms with van der Waals surface area (Å²) >= 11 is 0. The molecule has 0 atom stereocenters. The van der Waals surface area contributed by atoms with Crippen LogP contribution in [0.3, 0.4) is 0 Å². The Hall–Kier alpha value is -1.38. The van der Waals surface area contributed by atoms with Crippen molar-refractivity contribution in [2.24, 2.45) is 5.92 Å². The minimum atomic E-state index is -0.256. The predicted molar refractivity (Wildman–Crippen MR) is 65.1 cm³/mol. The average molecular weight is 238 g/mol. The van der Waals surface area contributed by atoms with Crippen LogP contribution < -0.4 is 0 Å². The maximum atomic E-state index is 12.6. The molecule has 0 aliphatic heterocycles. The van der Waals surface area contributed by atoms with Crippen molar-refractivity contribution in [3.63, 3.8) is 0 Å². The Kier molecular flexibility index (Phi) is 5.67. The van der Waals surface area contributed by atoms with Crippen LogP contribution in [0.1, 0.15) is 32.3 Å². The Bertz CT molecular complexity index is 344. The van der Waals surface area contributed by atoms with E-state index in [1.165, 1.54) is 12.1 Å². The van der Waals surface area contributed by atoms with Crippen LogP contribution in [-0.4, -0.2) is 12.6 Å². The second-order valence-corrected chi connectivity index (χ2v) is 4.53. The number of ether oxygens (including phenoxy) is 1. The zero-order chi connectivity index (χ0) is 12.7. The van der Waals surface area contributed by atoms with Crippen LogP contribution in [0.2, 0.25) is 0 Å². The zero-order valence-corrected chi connectivity index (χ0v) is 10.4. The highest BCUT2D eigenvalue weighted by Crippen LogP contribution is 2.06. The molecular formula is C14H19FO2. The van der Waals surface area contributed by atoms with Gasteiger partial charge in [-0.3, -0.25) is 4.79 Å². The maximum absolute atomic E-state index is 12.6. The van der Waals surface area contributed by atoms with Gasteiger partial charge in [-0.05, 0) is 36.5 Å². The number of hydrogen-bond acceptors (Lipinski definition) is 2. The lowest BCUT2D eigenvalue weighted by atomic mass is 10.1. The van der Waals surface area contributed by atoms with Gasteiger partial charge in [0.05, 0.1) is 6.61 Å². The van der Waals surface area contributed by atoms with Gasteiger partial charge in [-0.25, -0.2) is 4.39 Å². The average Bonchev–Trinajstić information content (AvgIpc) is 2.28. The van der Waals surface area contributed by atoms with Gasteiger partial charge in [0.15, 0.2) is 0 Å². The molecule has 0 bridgehead atoms. The highest BCUT2D eigenvalue weighted by atomic mass is 19.1. The number of carbonyl (C=O) groups is 1. The van der Waals surface area contributed by atoms with Gasteiger partial charge in [-0.2, -0.15) is 0 Å². The quantitative estimate of drug-likeness (QED) is 0.710. The van der Waals surface area contributed by atoms with E-state index in [0.29, 0.717) is 25.4 Å². The summed E-state index contributed by atoms with van der Waals surface area (Å²) in [6, 6.07) is 6.19. The van der Waals surface area contributed by atoms with Crippen LogP contribution in [0, 0.1) is 11.7 Å². The lowest BCUT2D eigenvalue weighted by Gasteiger charge is -2.06. The molecule has 0 aromatic heterocycles. The van der Waals surface area contributed by atoms with E-state index in [4.69, 9.17) is 4.74 Å². The lowest BCUT2D eigenvalue weighted by molar-refractivity contribution is -0.143. The van der Waals surface area contributed by atoms with E-state index in [0.717, 1.165) is 12.0 Å². The number of aryl methyl sites for hydroxylation is 1. The normalized spacial score (nSPS) is 10.6. The summed E-state index contributed by atoms with van der Waals surface area (Å²) in [6.45, 7) is 4.67. The molecule has 17 heavy (non-hydrogen) atoms. The molecule has 0 fully saturated rings. The summed E-state index contributed by atoms with van der Waals surface area (Å²) in [7, 11) is 0. The third-order valence-electron chi connectivity index (χ3n) is 2.49. The van der Waals surface area contributed by atoms with Gasteiger partial charge in [0.2, 0.25) is 0 Å². The van der Waals surface area contributed by atoms with Crippen LogP contribution in [0.25, 0.3) is 0 Å². The number of hydrogen-bond donors (Lipinski definition) is 0. The lowest BCUT2D eigenvalue weighted by Crippen LogP contribution is -2.08. The van der Waals surface area contributed by atoms with Gasteiger partial charge in [0.1, 0.15) is 5.82 Å². The molecule has 0 aliphatic carbocycles. The van der Waals surface area contributed by atoms with Gasteiger partial charge in [0, 0.05) is 6.42 Å². The van der Waals surface area contributed by atoms with Gasteiger partial charge in [-0.15, -0.1) is 0 Å². The van der Waals surface area contributed by atoms with Crippen molar-refractivity contribution in [1.82, 2.24) is 0 Å². The van der Waals surface area contributed by atoms with E-state index in [1.54, 1.807) is 12.1 Å². The first-order valence-electron chi connectivity index (χ1n) is 5.98. The third kappa shape index (κ3) is 6.05. The van der Waals surface area contributed by atoms with Gasteiger partial charge < -0.3 is 4.74 Å². The molecule has 3 heteroatoms. The molecule has 0 N–H and O–H groups in total. The molecular weight excluding hydrogens is 219 g/mol. The van der Waals surface area contributed by atoms with Crippen LogP contribution in [0.4, 0.5) is 4.39 Å². The van der Waals surface area contributed by atoms with Crippen molar-refractivity contribution >= 4 is 5.97 Å². The second-order valence-electron chi connectivity index (χ2n) is 4.53. The Morgan fingerprint density at radius 1 is 1.29 bits per heavy atom. The fourth-order valence-corrected chi connectivity index (χ4v) is 1.38. The molecule has 1 aromatic carbocycles. The number of rotatable bonds is 6. The predicted octanol–water partition coefficient (Wildman–Crippen LogP) is 3.35. The Morgan fingerprint density at radius 2 is 1.94 bits per heavy atom. The standard InChI is InChI=1S/C14H19FO2/c1-11(2)9-10-17-14(16)8-5-12-3-6-13(15)7-4-12/h3-4,6-7,11H,5,8-10H2,1-2H3. The summed E-state index contributed by atoms with van der Waals surface area (Å²) in [5.41, 5.74) is 0.951. The van der Waals surface area contributed by atoms with Crippen molar-refractivity contribution in [3.05, 3.63) is 35.6 Å². The molecule has 0 spiro atoms. The van der Waals surface area contributed by atoms with Crippen LogP contribution in [-0.2, 0) is 16.0 Å². The topological polar surface area (TPSA) is 26.3 Å². The summed E-state index contributed by atoms with van der Waals surface area (Å²) in [5.74, 6) is 0.100. The molecule has 0 saturated carbocycles. The van der Waals surface area contributed by atoms with E-state index in [1.807, 2.05) is 0 Å². The Balaban J connectivity index is 2.21. The van der Waals surface area contributed by atoms with Crippen molar-refractivity contribution < 1.29 is 13.9 Å². The Labute approximate surface area is 102 Å². The van der Waals surface area contributed by atoms with Crippen molar-refractivity contribution in [2.75, 3.05) is 6.61 Å². The highest BCUT2D eigenvalue weighted by molar-refractivity contribution is 5.69. The van der Waals surface area contributed by atoms with Gasteiger partial charge in [0.25, 0.3) is 0 Å². The summed E-state index contributed by atoms with van der Waals surface area (Å²) < 4.78 is 17.7. The number of carbonyl (C=O) groups excluding carboxylic acids is 1. The minimum Gasteiger partial charge on any atom is -0.466 e. The molecule has 94 valence electrons. The molecule has 0 unspecified atom stereocenters. The zero-order valence-electron chi connectivity index (χ0n) is 10.4. The maximum Gasteiger partial charge on any atom is 0.306 e. The number of halogens is 1. The van der Waals surface area contributed by atoms with Gasteiger partial charge >= 0.3 is 5.97 Å². The SMILES string of the molecule is CC(C)CCOC(=O)CCc1ccc(F)cc1. The molecule has 1 rings (SSSR count). The first-order chi connectivity index (χ1) is 8.08. The highest BCUT2D eigenvalue weighted by Gasteiger charge is 2.04. The number of esters is 1. The first-order valence-corrected chi connectivity index (χ1v) is 5.98. The Morgan fingerprint density at radius 3 is 2.53 bits per heavy atom. The fourth-order valence-electron chi connectivity index (χ4n) is 1.38. The molecule has 0 aliphatic rings. The van der Waals surface area contributed by atoms with Gasteiger partial charge in [-0.1, -0.05) is 26.0 Å². The smallest absolute Gasteiger partial charge is 0.306 e. The molecule has 0 radical (unpaired) electrons. The van der Waals surface area contributed by atoms with E-state index < -0.39 is 0 Å².